The first-order valence-corrected chi connectivity index (χ1v) is 8.72. The van der Waals surface area contributed by atoms with Gasteiger partial charge in [-0.15, -0.1) is 0 Å². The molecule has 142 valence electrons. The van der Waals surface area contributed by atoms with E-state index in [9.17, 15) is 19.7 Å². The number of esters is 1. The Balaban J connectivity index is 2.28. The second-order valence-electron chi connectivity index (χ2n) is 7.74. The maximum atomic E-state index is 13.0. The average Bonchev–Trinajstić information content (AvgIpc) is 2.58. The number of para-hydroxylation sites is 1. The Labute approximate surface area is 157 Å². The van der Waals surface area contributed by atoms with E-state index in [-0.39, 0.29) is 22.5 Å². The van der Waals surface area contributed by atoms with Crippen LogP contribution in [0.4, 0.5) is 5.69 Å². The van der Waals surface area contributed by atoms with Crippen LogP contribution in [-0.2, 0) is 14.3 Å². The summed E-state index contributed by atoms with van der Waals surface area (Å²) in [6.45, 7) is 5.74. The van der Waals surface area contributed by atoms with E-state index in [0.29, 0.717) is 29.7 Å². The highest BCUT2D eigenvalue weighted by molar-refractivity contribution is 6.04. The minimum atomic E-state index is -0.820. The number of ketones is 1. The molecule has 7 nitrogen and oxygen atoms in total. The van der Waals surface area contributed by atoms with Crippen molar-refractivity contribution < 1.29 is 19.2 Å². The van der Waals surface area contributed by atoms with E-state index in [0.717, 1.165) is 5.70 Å². The van der Waals surface area contributed by atoms with Gasteiger partial charge in [0.15, 0.2) is 5.78 Å². The second-order valence-corrected chi connectivity index (χ2v) is 7.74. The largest absolute Gasteiger partial charge is 0.466 e. The molecule has 0 saturated carbocycles. The Hall–Kier alpha value is -2.96. The molecule has 0 amide bonds. The number of nitro benzene ring substituents is 1. The van der Waals surface area contributed by atoms with Crippen LogP contribution in [0.25, 0.3) is 0 Å². The summed E-state index contributed by atoms with van der Waals surface area (Å²) in [5.74, 6) is -1.53. The lowest BCUT2D eigenvalue weighted by Gasteiger charge is -2.39. The fourth-order valence-electron chi connectivity index (χ4n) is 4.03. The van der Waals surface area contributed by atoms with Crippen molar-refractivity contribution in [2.24, 2.45) is 5.41 Å². The van der Waals surface area contributed by atoms with Crippen molar-refractivity contribution in [3.8, 4) is 0 Å². The maximum Gasteiger partial charge on any atom is 0.336 e. The van der Waals surface area contributed by atoms with E-state index >= 15 is 0 Å². The molecule has 7 heteroatoms. The number of nitrogens with zero attached hydrogens (tertiary/aromatic N) is 1. The zero-order chi connectivity index (χ0) is 19.9. The van der Waals surface area contributed by atoms with E-state index in [1.165, 1.54) is 13.2 Å². The number of Topliss-reactive ketones (excluding diaryl/α,β-unsaturated/α-hetero) is 1. The van der Waals surface area contributed by atoms with Gasteiger partial charge < -0.3 is 10.1 Å². The van der Waals surface area contributed by atoms with Crippen molar-refractivity contribution in [1.29, 1.82) is 0 Å². The topological polar surface area (TPSA) is 98.5 Å². The summed E-state index contributed by atoms with van der Waals surface area (Å²) in [5.41, 5.74) is 1.92. The standard InChI is InChI=1S/C20H22N2O5/c1-11-16(19(24)27-4)17(12-7-5-6-8-14(12)22(25)26)18-13(21-11)9-20(2,3)10-15(18)23/h5-8,17,21H,9-10H2,1-4H3/t17-/m1/s1. The van der Waals surface area contributed by atoms with Gasteiger partial charge in [0.1, 0.15) is 0 Å². The van der Waals surface area contributed by atoms with Crippen LogP contribution in [0, 0.1) is 15.5 Å². The van der Waals surface area contributed by atoms with Crippen LogP contribution < -0.4 is 5.32 Å². The van der Waals surface area contributed by atoms with Crippen LogP contribution in [0.5, 0.6) is 0 Å². The van der Waals surface area contributed by atoms with E-state index in [4.69, 9.17) is 4.74 Å². The number of methoxy groups -OCH3 is 1. The van der Waals surface area contributed by atoms with Crippen LogP contribution in [0.15, 0.2) is 46.8 Å². The van der Waals surface area contributed by atoms with Gasteiger partial charge in [0, 0.05) is 35.0 Å². The van der Waals surface area contributed by atoms with Crippen molar-refractivity contribution >= 4 is 17.4 Å². The Morgan fingerprint density at radius 2 is 1.96 bits per heavy atom. The van der Waals surface area contributed by atoms with Crippen LogP contribution in [0.1, 0.15) is 45.1 Å². The minimum absolute atomic E-state index is 0.106. The zero-order valence-electron chi connectivity index (χ0n) is 15.8. The fourth-order valence-corrected chi connectivity index (χ4v) is 4.03. The zero-order valence-corrected chi connectivity index (χ0v) is 15.8. The maximum absolute atomic E-state index is 13.0. The van der Waals surface area contributed by atoms with Crippen molar-refractivity contribution in [2.45, 2.75) is 39.5 Å². The number of nitro groups is 1. The molecular formula is C20H22N2O5. The van der Waals surface area contributed by atoms with Gasteiger partial charge >= 0.3 is 5.97 Å². The second kappa shape index (κ2) is 6.64. The third-order valence-corrected chi connectivity index (χ3v) is 5.09. The number of dihydropyridines is 1. The molecule has 3 rings (SSSR count). The van der Waals surface area contributed by atoms with E-state index in [1.807, 2.05) is 13.8 Å². The molecule has 0 radical (unpaired) electrons. The Morgan fingerprint density at radius 1 is 1.30 bits per heavy atom. The van der Waals surface area contributed by atoms with Gasteiger partial charge in [-0.3, -0.25) is 14.9 Å². The van der Waals surface area contributed by atoms with Gasteiger partial charge in [-0.1, -0.05) is 32.0 Å². The lowest BCUT2D eigenvalue weighted by Crippen LogP contribution is -2.38. The number of rotatable bonds is 3. The van der Waals surface area contributed by atoms with Gasteiger partial charge in [-0.2, -0.15) is 0 Å². The lowest BCUT2D eigenvalue weighted by molar-refractivity contribution is -0.385. The summed E-state index contributed by atoms with van der Waals surface area (Å²) >= 11 is 0. The highest BCUT2D eigenvalue weighted by atomic mass is 16.6. The van der Waals surface area contributed by atoms with Gasteiger partial charge in [0.25, 0.3) is 5.69 Å². The molecule has 0 saturated heterocycles. The molecule has 0 aromatic heterocycles. The molecule has 0 spiro atoms. The first-order valence-electron chi connectivity index (χ1n) is 8.72. The molecule has 1 atom stereocenters. The number of hydrogen-bond donors (Lipinski definition) is 1. The van der Waals surface area contributed by atoms with Crippen LogP contribution in [0.2, 0.25) is 0 Å². The average molecular weight is 370 g/mol. The first kappa shape index (κ1) is 18.8. The normalized spacial score (nSPS) is 21.5. The monoisotopic (exact) mass is 370 g/mol. The third-order valence-electron chi connectivity index (χ3n) is 5.09. The molecule has 2 aliphatic rings. The summed E-state index contributed by atoms with van der Waals surface area (Å²) in [7, 11) is 1.26. The van der Waals surface area contributed by atoms with Gasteiger partial charge in [-0.05, 0) is 18.8 Å². The number of nitrogens with one attached hydrogen (secondary N) is 1. The predicted octanol–water partition coefficient (Wildman–Crippen LogP) is 3.37. The Morgan fingerprint density at radius 3 is 2.59 bits per heavy atom. The Bertz CT molecular complexity index is 911. The highest BCUT2D eigenvalue weighted by Crippen LogP contribution is 2.48. The molecular weight excluding hydrogens is 348 g/mol. The number of benzene rings is 1. The Kier molecular flexibility index (Phi) is 4.63. The molecule has 0 unspecified atom stereocenters. The van der Waals surface area contributed by atoms with Crippen molar-refractivity contribution in [3.05, 3.63) is 62.5 Å². The molecule has 0 bridgehead atoms. The molecule has 1 heterocycles. The smallest absolute Gasteiger partial charge is 0.336 e. The highest BCUT2D eigenvalue weighted by Gasteiger charge is 2.44. The van der Waals surface area contributed by atoms with Crippen LogP contribution >= 0.6 is 0 Å². The molecule has 27 heavy (non-hydrogen) atoms. The molecule has 1 aliphatic carbocycles. The summed E-state index contributed by atoms with van der Waals surface area (Å²) in [4.78, 5) is 36.7. The quantitative estimate of drug-likeness (QED) is 0.498. The van der Waals surface area contributed by atoms with Crippen molar-refractivity contribution in [2.75, 3.05) is 7.11 Å². The molecule has 1 aromatic rings. The number of allylic oxidation sites excluding steroid dienone is 3. The number of carbonyl (C=O) groups is 2. The predicted molar refractivity (Wildman–Crippen MR) is 98.7 cm³/mol. The SMILES string of the molecule is COC(=O)C1=C(C)NC2=C(C(=O)CC(C)(C)C2)[C@@H]1c1ccccc1[N+](=O)[O-]. The van der Waals surface area contributed by atoms with Crippen LogP contribution in [-0.4, -0.2) is 23.8 Å². The number of hydrogen-bond acceptors (Lipinski definition) is 6. The summed E-state index contributed by atoms with van der Waals surface area (Å²) in [6, 6.07) is 6.23. The molecule has 1 aliphatic heterocycles. The summed E-state index contributed by atoms with van der Waals surface area (Å²) < 4.78 is 4.93. The number of carbonyl (C=O) groups excluding carboxylic acids is 2. The van der Waals surface area contributed by atoms with E-state index in [2.05, 4.69) is 5.32 Å². The summed E-state index contributed by atoms with van der Waals surface area (Å²) in [6.07, 6.45) is 0.940. The summed E-state index contributed by atoms with van der Waals surface area (Å²) in [5, 5.41) is 14.8. The van der Waals surface area contributed by atoms with E-state index in [1.54, 1.807) is 25.1 Å². The molecule has 0 fully saturated rings. The number of ether oxygens (including phenoxy) is 1. The van der Waals surface area contributed by atoms with Gasteiger partial charge in [0.2, 0.25) is 0 Å². The fraction of sp³-hybridized carbons (Fsp3) is 0.400. The van der Waals surface area contributed by atoms with Crippen LogP contribution in [0.3, 0.4) is 0 Å². The van der Waals surface area contributed by atoms with Crippen molar-refractivity contribution in [1.82, 2.24) is 5.32 Å². The van der Waals surface area contributed by atoms with Gasteiger partial charge in [0.05, 0.1) is 23.5 Å². The molecule has 1 aromatic carbocycles. The van der Waals surface area contributed by atoms with E-state index < -0.39 is 16.8 Å². The minimum Gasteiger partial charge on any atom is -0.466 e. The van der Waals surface area contributed by atoms with Gasteiger partial charge in [-0.25, -0.2) is 4.79 Å². The third kappa shape index (κ3) is 3.25. The lowest BCUT2D eigenvalue weighted by atomic mass is 9.68. The first-order chi connectivity index (χ1) is 12.7. The molecule has 1 N–H and O–H groups in total. The van der Waals surface area contributed by atoms with Crippen molar-refractivity contribution in [3.63, 3.8) is 0 Å².